The van der Waals surface area contributed by atoms with E-state index in [4.69, 9.17) is 9.47 Å². The fourth-order valence-electron chi connectivity index (χ4n) is 2.79. The van der Waals surface area contributed by atoms with Crippen LogP contribution >= 0.6 is 0 Å². The van der Waals surface area contributed by atoms with Crippen LogP contribution < -0.4 is 14.8 Å². The Hall–Kier alpha value is -4.27. The molecule has 0 saturated heterocycles. The lowest BCUT2D eigenvalue weighted by atomic mass is 10.2. The standard InChI is InChI=1S/C20H15N5O4/c1-28-15-8-3-7-14(11-15)24-19-18(25(26)27)20(23-12-22-19)29-16-9-2-5-13-6-4-10-21-17(13)16/h2-12H,1H3,(H,22,23,24). The van der Waals surface area contributed by atoms with Gasteiger partial charge in [0, 0.05) is 23.3 Å². The fourth-order valence-corrected chi connectivity index (χ4v) is 2.79. The Kier molecular flexibility index (Phi) is 4.85. The minimum atomic E-state index is -0.587. The molecule has 0 fully saturated rings. The van der Waals surface area contributed by atoms with Crippen molar-refractivity contribution in [2.45, 2.75) is 0 Å². The minimum Gasteiger partial charge on any atom is -0.497 e. The van der Waals surface area contributed by atoms with Gasteiger partial charge in [0.1, 0.15) is 17.6 Å². The number of anilines is 2. The van der Waals surface area contributed by atoms with Crippen LogP contribution in [-0.2, 0) is 0 Å². The summed E-state index contributed by atoms with van der Waals surface area (Å²) >= 11 is 0. The molecule has 29 heavy (non-hydrogen) atoms. The number of nitrogens with one attached hydrogen (secondary N) is 1. The zero-order valence-corrected chi connectivity index (χ0v) is 15.3. The number of hydrogen-bond donors (Lipinski definition) is 1. The van der Waals surface area contributed by atoms with Crippen molar-refractivity contribution in [1.82, 2.24) is 15.0 Å². The van der Waals surface area contributed by atoms with Crippen molar-refractivity contribution in [2.24, 2.45) is 0 Å². The van der Waals surface area contributed by atoms with E-state index < -0.39 is 4.92 Å². The summed E-state index contributed by atoms with van der Waals surface area (Å²) in [5, 5.41) is 15.5. The van der Waals surface area contributed by atoms with E-state index in [1.807, 2.05) is 12.1 Å². The molecular formula is C20H15N5O4. The minimum absolute atomic E-state index is 0.00134. The lowest BCUT2D eigenvalue weighted by molar-refractivity contribution is -0.385. The number of pyridine rings is 1. The van der Waals surface area contributed by atoms with Crippen LogP contribution in [0.4, 0.5) is 17.2 Å². The zero-order valence-electron chi connectivity index (χ0n) is 15.3. The maximum Gasteiger partial charge on any atom is 0.373 e. The molecule has 9 heteroatoms. The highest BCUT2D eigenvalue weighted by molar-refractivity contribution is 5.84. The maximum absolute atomic E-state index is 11.8. The van der Waals surface area contributed by atoms with Crippen LogP contribution in [0, 0.1) is 10.1 Å². The molecule has 0 spiro atoms. The van der Waals surface area contributed by atoms with E-state index in [9.17, 15) is 10.1 Å². The van der Waals surface area contributed by atoms with E-state index in [1.165, 1.54) is 13.4 Å². The van der Waals surface area contributed by atoms with E-state index in [0.29, 0.717) is 22.7 Å². The second-order valence-corrected chi connectivity index (χ2v) is 5.92. The molecule has 0 aliphatic rings. The van der Waals surface area contributed by atoms with Gasteiger partial charge in [0.15, 0.2) is 5.75 Å². The molecule has 0 atom stereocenters. The summed E-state index contributed by atoms with van der Waals surface area (Å²) in [6.45, 7) is 0. The van der Waals surface area contributed by atoms with Crippen molar-refractivity contribution < 1.29 is 14.4 Å². The van der Waals surface area contributed by atoms with Gasteiger partial charge in [-0.15, -0.1) is 0 Å². The number of methoxy groups -OCH3 is 1. The number of hydrogen-bond acceptors (Lipinski definition) is 8. The van der Waals surface area contributed by atoms with Gasteiger partial charge in [0.05, 0.1) is 12.0 Å². The topological polar surface area (TPSA) is 112 Å². The van der Waals surface area contributed by atoms with E-state index in [0.717, 1.165) is 5.39 Å². The fraction of sp³-hybridized carbons (Fsp3) is 0.0500. The van der Waals surface area contributed by atoms with Crippen LogP contribution in [0.25, 0.3) is 10.9 Å². The molecule has 0 saturated carbocycles. The van der Waals surface area contributed by atoms with Crippen molar-refractivity contribution in [3.8, 4) is 17.4 Å². The van der Waals surface area contributed by atoms with Gasteiger partial charge in [-0.3, -0.25) is 15.1 Å². The summed E-state index contributed by atoms with van der Waals surface area (Å²) in [4.78, 5) is 23.5. The average molecular weight is 389 g/mol. The molecule has 4 aromatic rings. The first-order chi connectivity index (χ1) is 14.2. The molecule has 0 bridgehead atoms. The van der Waals surface area contributed by atoms with Gasteiger partial charge in [0.25, 0.3) is 0 Å². The van der Waals surface area contributed by atoms with Crippen molar-refractivity contribution in [1.29, 1.82) is 0 Å². The van der Waals surface area contributed by atoms with Crippen LogP contribution in [0.2, 0.25) is 0 Å². The molecular weight excluding hydrogens is 374 g/mol. The first kappa shape index (κ1) is 18.1. The molecule has 1 N–H and O–H groups in total. The Morgan fingerprint density at radius 2 is 1.86 bits per heavy atom. The summed E-state index contributed by atoms with van der Waals surface area (Å²) in [5.41, 5.74) is 0.761. The molecule has 2 heterocycles. The number of rotatable bonds is 6. The smallest absolute Gasteiger partial charge is 0.373 e. The Balaban J connectivity index is 1.74. The zero-order chi connectivity index (χ0) is 20.2. The van der Waals surface area contributed by atoms with E-state index >= 15 is 0 Å². The SMILES string of the molecule is COc1cccc(Nc2ncnc(Oc3cccc4cccnc34)c2[N+](=O)[O-])c1. The number of benzene rings is 2. The van der Waals surface area contributed by atoms with Crippen LogP contribution in [0.1, 0.15) is 0 Å². The molecule has 9 nitrogen and oxygen atoms in total. The van der Waals surface area contributed by atoms with Gasteiger partial charge in [0.2, 0.25) is 5.82 Å². The van der Waals surface area contributed by atoms with Crippen LogP contribution in [0.5, 0.6) is 17.4 Å². The average Bonchev–Trinajstić information content (AvgIpc) is 2.74. The highest BCUT2D eigenvalue weighted by Gasteiger charge is 2.26. The first-order valence-corrected chi connectivity index (χ1v) is 8.58. The lowest BCUT2D eigenvalue weighted by Crippen LogP contribution is -2.04. The second kappa shape index (κ2) is 7.77. The number of aromatic nitrogens is 3. The number of nitro groups is 1. The third-order valence-corrected chi connectivity index (χ3v) is 4.11. The van der Waals surface area contributed by atoms with Crippen LogP contribution in [-0.4, -0.2) is 27.0 Å². The van der Waals surface area contributed by atoms with Crippen molar-refractivity contribution in [2.75, 3.05) is 12.4 Å². The van der Waals surface area contributed by atoms with Gasteiger partial charge in [-0.1, -0.05) is 24.3 Å². The van der Waals surface area contributed by atoms with E-state index in [2.05, 4.69) is 20.3 Å². The summed E-state index contributed by atoms with van der Waals surface area (Å²) in [6, 6.07) is 16.0. The largest absolute Gasteiger partial charge is 0.497 e. The normalized spacial score (nSPS) is 10.5. The first-order valence-electron chi connectivity index (χ1n) is 8.58. The quantitative estimate of drug-likeness (QED) is 0.379. The highest BCUT2D eigenvalue weighted by atomic mass is 16.6. The lowest BCUT2D eigenvalue weighted by Gasteiger charge is -2.11. The molecule has 2 aromatic carbocycles. The maximum atomic E-state index is 11.8. The summed E-state index contributed by atoms with van der Waals surface area (Å²) in [7, 11) is 1.54. The highest BCUT2D eigenvalue weighted by Crippen LogP contribution is 2.37. The third-order valence-electron chi connectivity index (χ3n) is 4.11. The van der Waals surface area contributed by atoms with Crippen LogP contribution in [0.3, 0.4) is 0 Å². The molecule has 4 rings (SSSR count). The van der Waals surface area contributed by atoms with Crippen molar-refractivity contribution in [3.05, 3.63) is 77.2 Å². The van der Waals surface area contributed by atoms with Gasteiger partial charge < -0.3 is 14.8 Å². The Morgan fingerprint density at radius 1 is 1.03 bits per heavy atom. The molecule has 0 unspecified atom stereocenters. The molecule has 2 aromatic heterocycles. The molecule has 0 radical (unpaired) electrons. The van der Waals surface area contributed by atoms with Gasteiger partial charge >= 0.3 is 11.6 Å². The molecule has 0 aliphatic carbocycles. The van der Waals surface area contributed by atoms with Crippen LogP contribution in [0.15, 0.2) is 67.1 Å². The van der Waals surface area contributed by atoms with Gasteiger partial charge in [-0.05, 0) is 24.3 Å². The number of para-hydroxylation sites is 1. The van der Waals surface area contributed by atoms with Crippen molar-refractivity contribution >= 4 is 28.1 Å². The van der Waals surface area contributed by atoms with E-state index in [-0.39, 0.29) is 17.4 Å². The van der Waals surface area contributed by atoms with Gasteiger partial charge in [-0.25, -0.2) is 4.98 Å². The number of ether oxygens (including phenoxy) is 2. The Bertz CT molecular complexity index is 1190. The predicted molar refractivity (Wildman–Crippen MR) is 107 cm³/mol. The summed E-state index contributed by atoms with van der Waals surface area (Å²) in [6.07, 6.45) is 2.82. The van der Waals surface area contributed by atoms with E-state index in [1.54, 1.807) is 48.7 Å². The van der Waals surface area contributed by atoms with Crippen molar-refractivity contribution in [3.63, 3.8) is 0 Å². The Labute approximate surface area is 165 Å². The predicted octanol–water partition coefficient (Wildman–Crippen LogP) is 4.48. The Morgan fingerprint density at radius 3 is 2.69 bits per heavy atom. The van der Waals surface area contributed by atoms with Gasteiger partial charge in [-0.2, -0.15) is 4.98 Å². The molecule has 0 amide bonds. The summed E-state index contributed by atoms with van der Waals surface area (Å²) in [5.74, 6) is 0.775. The molecule has 144 valence electrons. The second-order valence-electron chi connectivity index (χ2n) is 5.92. The molecule has 0 aliphatic heterocycles. The summed E-state index contributed by atoms with van der Waals surface area (Å²) < 4.78 is 11.0. The monoisotopic (exact) mass is 389 g/mol. The number of fused-ring (bicyclic) bond motifs is 1. The third kappa shape index (κ3) is 3.74. The number of nitrogens with zero attached hydrogens (tertiary/aromatic N) is 4.